The standard InChI is InChI=1S/C26H24N2O5/c1-3-32-26(30)22-23(29)21(13-17-14-28-25-18(17)7-5-11-27-25)33-24(22)16-10-9-15-6-4-8-20(31-2)19(15)12-16/h4-8,11,13-14,16H,3,9-10,12H2,1-2H3,(H,27,28)/b21-13-. The summed E-state index contributed by atoms with van der Waals surface area (Å²) in [7, 11) is 1.65. The summed E-state index contributed by atoms with van der Waals surface area (Å²) in [5.74, 6) is 0.0808. The largest absolute Gasteiger partial charge is 0.496 e. The van der Waals surface area contributed by atoms with E-state index in [0.29, 0.717) is 17.8 Å². The topological polar surface area (TPSA) is 90.5 Å². The first kappa shape index (κ1) is 21.0. The van der Waals surface area contributed by atoms with Crippen molar-refractivity contribution >= 4 is 28.9 Å². The van der Waals surface area contributed by atoms with Crippen LogP contribution < -0.4 is 4.74 Å². The first-order valence-electron chi connectivity index (χ1n) is 11.0. The number of carbonyl (C=O) groups excluding carboxylic acids is 2. The van der Waals surface area contributed by atoms with Crippen molar-refractivity contribution in [1.29, 1.82) is 0 Å². The third-order valence-corrected chi connectivity index (χ3v) is 6.20. The minimum absolute atomic E-state index is 0.00980. The number of nitrogens with zero attached hydrogens (tertiary/aromatic N) is 1. The molecule has 33 heavy (non-hydrogen) atoms. The number of aromatic amines is 1. The van der Waals surface area contributed by atoms with Gasteiger partial charge in [0.05, 0.1) is 13.7 Å². The molecule has 1 unspecified atom stereocenters. The van der Waals surface area contributed by atoms with Crippen molar-refractivity contribution in [2.45, 2.75) is 26.2 Å². The third kappa shape index (κ3) is 3.69. The summed E-state index contributed by atoms with van der Waals surface area (Å²) in [5, 5.41) is 0.865. The van der Waals surface area contributed by atoms with Gasteiger partial charge in [0.15, 0.2) is 5.76 Å². The minimum Gasteiger partial charge on any atom is -0.496 e. The van der Waals surface area contributed by atoms with Crippen molar-refractivity contribution in [2.24, 2.45) is 5.92 Å². The Hall–Kier alpha value is -3.87. The van der Waals surface area contributed by atoms with Crippen molar-refractivity contribution in [1.82, 2.24) is 9.97 Å². The van der Waals surface area contributed by atoms with E-state index < -0.39 is 11.8 Å². The number of carbonyl (C=O) groups is 2. The number of fused-ring (bicyclic) bond motifs is 2. The third-order valence-electron chi connectivity index (χ3n) is 6.20. The van der Waals surface area contributed by atoms with Gasteiger partial charge in [-0.3, -0.25) is 4.79 Å². The first-order chi connectivity index (χ1) is 16.1. The van der Waals surface area contributed by atoms with Crippen LogP contribution in [0, 0.1) is 5.92 Å². The summed E-state index contributed by atoms with van der Waals surface area (Å²) < 4.78 is 16.9. The van der Waals surface area contributed by atoms with Gasteiger partial charge in [0.1, 0.15) is 22.7 Å². The van der Waals surface area contributed by atoms with Crippen LogP contribution in [0.1, 0.15) is 30.0 Å². The molecule has 2 aliphatic rings. The molecule has 5 rings (SSSR count). The Morgan fingerprint density at radius 3 is 3.00 bits per heavy atom. The summed E-state index contributed by atoms with van der Waals surface area (Å²) >= 11 is 0. The number of hydrogen-bond donors (Lipinski definition) is 1. The second-order valence-corrected chi connectivity index (χ2v) is 8.08. The Labute approximate surface area is 191 Å². The van der Waals surface area contributed by atoms with E-state index in [1.165, 1.54) is 5.56 Å². The lowest BCUT2D eigenvalue weighted by atomic mass is 9.81. The van der Waals surface area contributed by atoms with Crippen molar-refractivity contribution in [3.8, 4) is 5.75 Å². The molecule has 3 heterocycles. The van der Waals surface area contributed by atoms with E-state index in [1.807, 2.05) is 24.3 Å². The number of hydrogen-bond acceptors (Lipinski definition) is 6. The van der Waals surface area contributed by atoms with Crippen LogP contribution in [-0.4, -0.2) is 35.4 Å². The van der Waals surface area contributed by atoms with Gasteiger partial charge in [0.2, 0.25) is 5.78 Å². The second kappa shape index (κ2) is 8.58. The van der Waals surface area contributed by atoms with Crippen LogP contribution in [0.5, 0.6) is 5.75 Å². The van der Waals surface area contributed by atoms with Gasteiger partial charge in [-0.2, -0.15) is 0 Å². The number of aryl methyl sites for hydroxylation is 1. The summed E-state index contributed by atoms with van der Waals surface area (Å²) in [5.41, 5.74) is 3.77. The number of ketones is 1. The van der Waals surface area contributed by atoms with Crippen molar-refractivity contribution in [3.05, 3.63) is 76.5 Å². The van der Waals surface area contributed by atoms with Gasteiger partial charge in [0.25, 0.3) is 0 Å². The number of ether oxygens (including phenoxy) is 3. The molecule has 1 aliphatic heterocycles. The summed E-state index contributed by atoms with van der Waals surface area (Å²) in [6.45, 7) is 1.90. The van der Waals surface area contributed by atoms with E-state index in [1.54, 1.807) is 32.5 Å². The zero-order valence-corrected chi connectivity index (χ0v) is 18.5. The number of nitrogens with one attached hydrogen (secondary N) is 1. The van der Waals surface area contributed by atoms with Crippen LogP contribution >= 0.6 is 0 Å². The number of aromatic nitrogens is 2. The molecule has 7 heteroatoms. The van der Waals surface area contributed by atoms with Gasteiger partial charge < -0.3 is 19.2 Å². The van der Waals surface area contributed by atoms with Gasteiger partial charge in [-0.05, 0) is 61.6 Å². The van der Waals surface area contributed by atoms with Crippen LogP contribution in [0.25, 0.3) is 17.1 Å². The molecular formula is C26H24N2O5. The highest BCUT2D eigenvalue weighted by molar-refractivity contribution is 6.26. The lowest BCUT2D eigenvalue weighted by Gasteiger charge is -2.26. The lowest BCUT2D eigenvalue weighted by Crippen LogP contribution is -2.21. The SMILES string of the molecule is CCOC(=O)C1=C(C2CCc3cccc(OC)c3C2)O/C(=C\c2c[nH]c3ncccc23)C1=O. The molecule has 1 atom stereocenters. The first-order valence-corrected chi connectivity index (χ1v) is 11.0. The van der Waals surface area contributed by atoms with Crippen LogP contribution in [0.3, 0.4) is 0 Å². The van der Waals surface area contributed by atoms with E-state index in [2.05, 4.69) is 16.0 Å². The zero-order chi connectivity index (χ0) is 22.9. The average Bonchev–Trinajstić information content (AvgIpc) is 3.39. The molecule has 0 saturated carbocycles. The number of Topliss-reactive ketones (excluding diaryl/α,β-unsaturated/α-hetero) is 1. The number of methoxy groups -OCH3 is 1. The Kier molecular flexibility index (Phi) is 5.46. The number of H-pyrrole nitrogens is 1. The fourth-order valence-corrected chi connectivity index (χ4v) is 4.64. The lowest BCUT2D eigenvalue weighted by molar-refractivity contribution is -0.139. The maximum atomic E-state index is 13.3. The Balaban J connectivity index is 1.53. The summed E-state index contributed by atoms with van der Waals surface area (Å²) in [6, 6.07) is 9.74. The van der Waals surface area contributed by atoms with E-state index >= 15 is 0 Å². The number of esters is 1. The monoisotopic (exact) mass is 444 g/mol. The van der Waals surface area contributed by atoms with Crippen molar-refractivity contribution in [2.75, 3.05) is 13.7 Å². The Bertz CT molecular complexity index is 1300. The fourth-order valence-electron chi connectivity index (χ4n) is 4.64. The van der Waals surface area contributed by atoms with E-state index in [-0.39, 0.29) is 23.9 Å². The van der Waals surface area contributed by atoms with Gasteiger partial charge in [0, 0.05) is 29.3 Å². The molecule has 1 aromatic carbocycles. The number of allylic oxidation sites excluding steroid dienone is 2. The highest BCUT2D eigenvalue weighted by atomic mass is 16.5. The van der Waals surface area contributed by atoms with E-state index in [0.717, 1.165) is 35.1 Å². The quantitative estimate of drug-likeness (QED) is 0.361. The normalized spacial score (nSPS) is 19.0. The molecule has 168 valence electrons. The summed E-state index contributed by atoms with van der Waals surface area (Å²) in [4.78, 5) is 33.5. The fraction of sp³-hybridized carbons (Fsp3) is 0.269. The van der Waals surface area contributed by atoms with E-state index in [9.17, 15) is 9.59 Å². The van der Waals surface area contributed by atoms with Crippen molar-refractivity contribution in [3.63, 3.8) is 0 Å². The van der Waals surface area contributed by atoms with Gasteiger partial charge in [-0.15, -0.1) is 0 Å². The molecule has 3 aromatic rings. The summed E-state index contributed by atoms with van der Waals surface area (Å²) in [6.07, 6.45) is 7.31. The highest BCUT2D eigenvalue weighted by Gasteiger charge is 2.41. The molecule has 0 radical (unpaired) electrons. The minimum atomic E-state index is -0.646. The molecule has 2 aromatic heterocycles. The molecule has 0 spiro atoms. The van der Waals surface area contributed by atoms with Crippen LogP contribution in [-0.2, 0) is 31.9 Å². The van der Waals surface area contributed by atoms with Crippen molar-refractivity contribution < 1.29 is 23.8 Å². The predicted molar refractivity (Wildman–Crippen MR) is 122 cm³/mol. The maximum absolute atomic E-state index is 13.3. The predicted octanol–water partition coefficient (Wildman–Crippen LogP) is 4.13. The molecule has 0 amide bonds. The van der Waals surface area contributed by atoms with Crippen LogP contribution in [0.15, 0.2) is 59.8 Å². The smallest absolute Gasteiger partial charge is 0.345 e. The highest BCUT2D eigenvalue weighted by Crippen LogP contribution is 2.41. The number of pyridine rings is 1. The molecule has 0 bridgehead atoms. The Morgan fingerprint density at radius 1 is 1.30 bits per heavy atom. The molecule has 1 aliphatic carbocycles. The molecule has 0 fully saturated rings. The number of rotatable bonds is 5. The number of benzene rings is 1. The van der Waals surface area contributed by atoms with Crippen LogP contribution in [0.2, 0.25) is 0 Å². The van der Waals surface area contributed by atoms with Gasteiger partial charge >= 0.3 is 5.97 Å². The second-order valence-electron chi connectivity index (χ2n) is 8.08. The van der Waals surface area contributed by atoms with Gasteiger partial charge in [-0.1, -0.05) is 12.1 Å². The molecular weight excluding hydrogens is 420 g/mol. The van der Waals surface area contributed by atoms with E-state index in [4.69, 9.17) is 14.2 Å². The maximum Gasteiger partial charge on any atom is 0.345 e. The molecule has 1 N–H and O–H groups in total. The Morgan fingerprint density at radius 2 is 2.18 bits per heavy atom. The van der Waals surface area contributed by atoms with Crippen LogP contribution in [0.4, 0.5) is 0 Å². The average molecular weight is 444 g/mol. The molecule has 0 saturated heterocycles. The zero-order valence-electron chi connectivity index (χ0n) is 18.5. The van der Waals surface area contributed by atoms with Gasteiger partial charge in [-0.25, -0.2) is 9.78 Å². The molecule has 7 nitrogen and oxygen atoms in total.